The number of alkyl halides is 3. The molecule has 0 unspecified atom stereocenters. The average molecular weight is 354 g/mol. The molecule has 2 aliphatic rings. The normalized spacial score (nSPS) is 22.0. The van der Waals surface area contributed by atoms with Crippen molar-refractivity contribution in [2.24, 2.45) is 0 Å². The molecular formula is C15H13F3N4O3. The summed E-state index contributed by atoms with van der Waals surface area (Å²) in [6, 6.07) is 1.32. The summed E-state index contributed by atoms with van der Waals surface area (Å²) in [5, 5.41) is 5.60. The van der Waals surface area contributed by atoms with Crippen LogP contribution in [0.25, 0.3) is 0 Å². The zero-order valence-corrected chi connectivity index (χ0v) is 12.8. The van der Waals surface area contributed by atoms with E-state index in [9.17, 15) is 22.8 Å². The second-order valence-electron chi connectivity index (χ2n) is 6.14. The summed E-state index contributed by atoms with van der Waals surface area (Å²) in [5.74, 6) is -1.56. The van der Waals surface area contributed by atoms with Gasteiger partial charge in [-0.15, -0.1) is 0 Å². The van der Waals surface area contributed by atoms with Gasteiger partial charge in [0.05, 0.1) is 6.04 Å². The highest BCUT2D eigenvalue weighted by atomic mass is 19.4. The van der Waals surface area contributed by atoms with Gasteiger partial charge in [-0.05, 0) is 30.4 Å². The maximum Gasteiger partial charge on any atom is 0.452 e. The third-order valence-corrected chi connectivity index (χ3v) is 4.62. The summed E-state index contributed by atoms with van der Waals surface area (Å²) in [7, 11) is 0. The summed E-state index contributed by atoms with van der Waals surface area (Å²) < 4.78 is 41.8. The van der Waals surface area contributed by atoms with Gasteiger partial charge in [0.15, 0.2) is 5.82 Å². The van der Waals surface area contributed by atoms with E-state index in [4.69, 9.17) is 0 Å². The van der Waals surface area contributed by atoms with Crippen LogP contribution in [0, 0.1) is 0 Å². The SMILES string of the molecule is O=C(Nc1cc(C(F)(F)F)on1)N1[C@@H]2CC[C@H]1c1c[nH]c(=O)cc1C2. The monoisotopic (exact) mass is 354 g/mol. The minimum absolute atomic E-state index is 0.103. The number of pyridine rings is 1. The minimum Gasteiger partial charge on any atom is -0.349 e. The number of aromatic amines is 1. The number of carbonyl (C=O) groups excluding carboxylic acids is 1. The third kappa shape index (κ3) is 2.67. The van der Waals surface area contributed by atoms with E-state index < -0.39 is 18.0 Å². The van der Waals surface area contributed by atoms with E-state index in [0.29, 0.717) is 12.5 Å². The lowest BCUT2D eigenvalue weighted by molar-refractivity contribution is -0.155. The summed E-state index contributed by atoms with van der Waals surface area (Å²) in [5.41, 5.74) is 1.57. The average Bonchev–Trinajstić information content (AvgIpc) is 3.11. The number of hydrogen-bond acceptors (Lipinski definition) is 4. The van der Waals surface area contributed by atoms with Gasteiger partial charge in [-0.3, -0.25) is 10.1 Å². The van der Waals surface area contributed by atoms with Gasteiger partial charge in [0.2, 0.25) is 11.3 Å². The molecule has 2 aliphatic heterocycles. The molecule has 7 nitrogen and oxygen atoms in total. The molecule has 0 aliphatic carbocycles. The van der Waals surface area contributed by atoms with Crippen molar-refractivity contribution >= 4 is 11.8 Å². The van der Waals surface area contributed by atoms with Gasteiger partial charge >= 0.3 is 12.2 Å². The lowest BCUT2D eigenvalue weighted by Crippen LogP contribution is -2.44. The largest absolute Gasteiger partial charge is 0.452 e. The predicted octanol–water partition coefficient (Wildman–Crippen LogP) is 2.68. The number of nitrogens with one attached hydrogen (secondary N) is 2. The van der Waals surface area contributed by atoms with Gasteiger partial charge < -0.3 is 14.4 Å². The minimum atomic E-state index is -4.66. The van der Waals surface area contributed by atoms with Crippen LogP contribution >= 0.6 is 0 Å². The Labute approximate surface area is 138 Å². The van der Waals surface area contributed by atoms with Crippen molar-refractivity contribution in [3.63, 3.8) is 0 Å². The van der Waals surface area contributed by atoms with E-state index in [1.54, 1.807) is 11.1 Å². The number of amides is 2. The van der Waals surface area contributed by atoms with Crippen LogP contribution < -0.4 is 10.9 Å². The highest BCUT2D eigenvalue weighted by Gasteiger charge is 2.43. The van der Waals surface area contributed by atoms with Crippen LogP contribution in [-0.2, 0) is 12.6 Å². The number of rotatable bonds is 1. The second kappa shape index (κ2) is 5.36. The predicted molar refractivity (Wildman–Crippen MR) is 78.9 cm³/mol. The lowest BCUT2D eigenvalue weighted by atomic mass is 9.95. The molecule has 2 aromatic heterocycles. The molecule has 0 saturated carbocycles. The molecule has 1 saturated heterocycles. The molecule has 1 fully saturated rings. The van der Waals surface area contributed by atoms with Gasteiger partial charge in [-0.25, -0.2) is 4.79 Å². The van der Waals surface area contributed by atoms with Crippen LogP contribution in [0.5, 0.6) is 0 Å². The molecule has 0 spiro atoms. The van der Waals surface area contributed by atoms with Crippen LogP contribution in [0.15, 0.2) is 27.6 Å². The Bertz CT molecular complexity index is 889. The van der Waals surface area contributed by atoms with E-state index in [2.05, 4.69) is 20.0 Å². The molecule has 25 heavy (non-hydrogen) atoms. The van der Waals surface area contributed by atoms with E-state index in [1.807, 2.05) is 0 Å². The first-order valence-corrected chi connectivity index (χ1v) is 7.67. The number of H-pyrrole nitrogens is 1. The highest BCUT2D eigenvalue weighted by molar-refractivity contribution is 5.89. The van der Waals surface area contributed by atoms with Crippen molar-refractivity contribution < 1.29 is 22.5 Å². The Morgan fingerprint density at radius 3 is 2.88 bits per heavy atom. The van der Waals surface area contributed by atoms with Gasteiger partial charge in [0.25, 0.3) is 0 Å². The molecule has 2 bridgehead atoms. The Kier molecular flexibility index (Phi) is 3.37. The molecule has 0 radical (unpaired) electrons. The van der Waals surface area contributed by atoms with Crippen molar-refractivity contribution in [3.05, 3.63) is 45.6 Å². The van der Waals surface area contributed by atoms with Crippen LogP contribution in [0.4, 0.5) is 23.8 Å². The van der Waals surface area contributed by atoms with E-state index in [-0.39, 0.29) is 23.5 Å². The first kappa shape index (κ1) is 15.7. The van der Waals surface area contributed by atoms with Crippen LogP contribution in [0.2, 0.25) is 0 Å². The van der Waals surface area contributed by atoms with Crippen molar-refractivity contribution in [3.8, 4) is 0 Å². The van der Waals surface area contributed by atoms with Crippen molar-refractivity contribution in [1.29, 1.82) is 0 Å². The molecule has 10 heteroatoms. The van der Waals surface area contributed by atoms with E-state index in [0.717, 1.165) is 24.0 Å². The number of nitrogens with zero attached hydrogens (tertiary/aromatic N) is 2. The molecule has 132 valence electrons. The first-order chi connectivity index (χ1) is 11.8. The Morgan fingerprint density at radius 2 is 2.16 bits per heavy atom. The van der Waals surface area contributed by atoms with Crippen LogP contribution in [0.1, 0.15) is 35.8 Å². The van der Waals surface area contributed by atoms with Crippen LogP contribution in [-0.4, -0.2) is 27.1 Å². The van der Waals surface area contributed by atoms with Crippen molar-refractivity contribution in [2.45, 2.75) is 37.5 Å². The Morgan fingerprint density at radius 1 is 1.36 bits per heavy atom. The fourth-order valence-corrected chi connectivity index (χ4v) is 3.60. The third-order valence-electron chi connectivity index (χ3n) is 4.62. The first-order valence-electron chi connectivity index (χ1n) is 7.67. The fraction of sp³-hybridized carbons (Fsp3) is 0.400. The second-order valence-corrected chi connectivity index (χ2v) is 6.14. The zero-order chi connectivity index (χ0) is 17.8. The maximum absolute atomic E-state index is 12.5. The van der Waals surface area contributed by atoms with Gasteiger partial charge in [0.1, 0.15) is 0 Å². The van der Waals surface area contributed by atoms with E-state index >= 15 is 0 Å². The Hall–Kier alpha value is -2.78. The molecule has 2 aromatic rings. The molecule has 0 aromatic carbocycles. The summed E-state index contributed by atoms with van der Waals surface area (Å²) in [6.07, 6.45) is -1.04. The van der Waals surface area contributed by atoms with Crippen molar-refractivity contribution in [2.75, 3.05) is 5.32 Å². The van der Waals surface area contributed by atoms with Crippen molar-refractivity contribution in [1.82, 2.24) is 15.0 Å². The van der Waals surface area contributed by atoms with E-state index in [1.165, 1.54) is 6.07 Å². The van der Waals surface area contributed by atoms with Crippen LogP contribution in [0.3, 0.4) is 0 Å². The summed E-state index contributed by atoms with van der Waals surface area (Å²) in [6.45, 7) is 0. The summed E-state index contributed by atoms with van der Waals surface area (Å²) >= 11 is 0. The molecule has 2 amide bonds. The number of urea groups is 1. The highest BCUT2D eigenvalue weighted by Crippen LogP contribution is 2.43. The molecule has 2 N–H and O–H groups in total. The topological polar surface area (TPSA) is 91.2 Å². The number of anilines is 1. The fourth-order valence-electron chi connectivity index (χ4n) is 3.60. The smallest absolute Gasteiger partial charge is 0.349 e. The number of fused-ring (bicyclic) bond motifs is 4. The number of carbonyl (C=O) groups is 1. The summed E-state index contributed by atoms with van der Waals surface area (Å²) in [4.78, 5) is 28.2. The van der Waals surface area contributed by atoms with Gasteiger partial charge in [-0.1, -0.05) is 5.16 Å². The zero-order valence-electron chi connectivity index (χ0n) is 12.8. The number of hydrogen-bond donors (Lipinski definition) is 2. The lowest BCUT2D eigenvalue weighted by Gasteiger charge is -2.35. The standard InChI is InChI=1S/C15H13F3N4O3/c16-15(17,18)11-5-12(21-25-11)20-14(24)22-8-1-2-10(22)9-6-19-13(23)4-7(9)3-8/h4-6,8,10H,1-3H2,(H,19,23)(H,20,21,24)/t8-,10+/m1/s1. The van der Waals surface area contributed by atoms with Gasteiger partial charge in [0, 0.05) is 24.4 Å². The molecule has 4 rings (SSSR count). The van der Waals surface area contributed by atoms with Gasteiger partial charge in [-0.2, -0.15) is 13.2 Å². The molecule has 4 heterocycles. The molecule has 2 atom stereocenters. The number of halogens is 3. The quantitative estimate of drug-likeness (QED) is 0.824. The molecular weight excluding hydrogens is 341 g/mol. The number of aromatic nitrogens is 2. The maximum atomic E-state index is 12.5. The Balaban J connectivity index is 1.56.